The van der Waals surface area contributed by atoms with Crippen molar-refractivity contribution >= 4 is 17.5 Å². The van der Waals surface area contributed by atoms with Gasteiger partial charge in [0.25, 0.3) is 0 Å². The van der Waals surface area contributed by atoms with Gasteiger partial charge in [-0.05, 0) is 26.7 Å². The SMILES string of the molecule is CCNc1cc(NC(C)C(=O)NCC(C)C)nc(C)n1. The van der Waals surface area contributed by atoms with Gasteiger partial charge < -0.3 is 16.0 Å². The molecule has 0 saturated heterocycles. The van der Waals surface area contributed by atoms with Gasteiger partial charge in [0.15, 0.2) is 0 Å². The molecule has 20 heavy (non-hydrogen) atoms. The maximum atomic E-state index is 11.9. The summed E-state index contributed by atoms with van der Waals surface area (Å²) in [6, 6.07) is 1.47. The minimum atomic E-state index is -0.336. The predicted molar refractivity (Wildman–Crippen MR) is 81.9 cm³/mol. The molecule has 1 aromatic rings. The Bertz CT molecular complexity index is 447. The van der Waals surface area contributed by atoms with Crippen LogP contribution in [0.15, 0.2) is 6.07 Å². The molecule has 0 radical (unpaired) electrons. The number of carbonyl (C=O) groups is 1. The van der Waals surface area contributed by atoms with E-state index in [-0.39, 0.29) is 11.9 Å². The number of nitrogens with zero attached hydrogens (tertiary/aromatic N) is 2. The summed E-state index contributed by atoms with van der Waals surface area (Å²) in [7, 11) is 0. The molecular formula is C14H25N5O. The molecule has 1 aromatic heterocycles. The second-order valence-corrected chi connectivity index (χ2v) is 5.22. The van der Waals surface area contributed by atoms with Crippen molar-refractivity contribution in [1.29, 1.82) is 0 Å². The highest BCUT2D eigenvalue weighted by Crippen LogP contribution is 2.11. The average Bonchev–Trinajstić information content (AvgIpc) is 2.35. The van der Waals surface area contributed by atoms with Crippen molar-refractivity contribution < 1.29 is 4.79 Å². The van der Waals surface area contributed by atoms with Gasteiger partial charge in [-0.3, -0.25) is 4.79 Å². The lowest BCUT2D eigenvalue weighted by Gasteiger charge is -2.16. The lowest BCUT2D eigenvalue weighted by molar-refractivity contribution is -0.121. The molecule has 0 bridgehead atoms. The Morgan fingerprint density at radius 1 is 1.25 bits per heavy atom. The first-order valence-electron chi connectivity index (χ1n) is 7.06. The normalized spacial score (nSPS) is 12.1. The molecule has 3 N–H and O–H groups in total. The van der Waals surface area contributed by atoms with Crippen molar-refractivity contribution in [2.75, 3.05) is 23.7 Å². The maximum absolute atomic E-state index is 11.9. The van der Waals surface area contributed by atoms with Crippen LogP contribution in [0.2, 0.25) is 0 Å². The third kappa shape index (κ3) is 5.42. The topological polar surface area (TPSA) is 78.9 Å². The number of nitrogens with one attached hydrogen (secondary N) is 3. The Hall–Kier alpha value is -1.85. The molecule has 1 atom stereocenters. The van der Waals surface area contributed by atoms with Gasteiger partial charge in [-0.2, -0.15) is 0 Å². The fraction of sp³-hybridized carbons (Fsp3) is 0.643. The fourth-order valence-corrected chi connectivity index (χ4v) is 1.66. The Labute approximate surface area is 120 Å². The van der Waals surface area contributed by atoms with Gasteiger partial charge >= 0.3 is 0 Å². The monoisotopic (exact) mass is 279 g/mol. The van der Waals surface area contributed by atoms with Gasteiger partial charge in [0.1, 0.15) is 23.5 Å². The minimum Gasteiger partial charge on any atom is -0.370 e. The van der Waals surface area contributed by atoms with Crippen LogP contribution < -0.4 is 16.0 Å². The van der Waals surface area contributed by atoms with Crippen molar-refractivity contribution in [1.82, 2.24) is 15.3 Å². The molecular weight excluding hydrogens is 254 g/mol. The Morgan fingerprint density at radius 2 is 1.90 bits per heavy atom. The summed E-state index contributed by atoms with van der Waals surface area (Å²) >= 11 is 0. The number of hydrogen-bond donors (Lipinski definition) is 3. The molecule has 1 unspecified atom stereocenters. The lowest BCUT2D eigenvalue weighted by Crippen LogP contribution is -2.39. The first-order valence-corrected chi connectivity index (χ1v) is 7.06. The van der Waals surface area contributed by atoms with E-state index in [4.69, 9.17) is 0 Å². The molecule has 0 aromatic carbocycles. The second-order valence-electron chi connectivity index (χ2n) is 5.22. The summed E-state index contributed by atoms with van der Waals surface area (Å²) in [5, 5.41) is 9.14. The van der Waals surface area contributed by atoms with Crippen molar-refractivity contribution in [2.45, 2.75) is 40.7 Å². The highest BCUT2D eigenvalue weighted by molar-refractivity contribution is 5.83. The van der Waals surface area contributed by atoms with E-state index in [1.165, 1.54) is 0 Å². The zero-order valence-electron chi connectivity index (χ0n) is 12.9. The Kier molecular flexibility index (Phi) is 6.21. The molecule has 1 rings (SSSR count). The second kappa shape index (κ2) is 7.67. The molecule has 6 heteroatoms. The fourth-order valence-electron chi connectivity index (χ4n) is 1.66. The van der Waals surface area contributed by atoms with Gasteiger partial charge in [0.05, 0.1) is 0 Å². The van der Waals surface area contributed by atoms with Crippen LogP contribution in [-0.4, -0.2) is 35.0 Å². The number of rotatable bonds is 7. The van der Waals surface area contributed by atoms with Gasteiger partial charge in [0, 0.05) is 19.2 Å². The van der Waals surface area contributed by atoms with Crippen LogP contribution >= 0.6 is 0 Å². The van der Waals surface area contributed by atoms with E-state index in [0.717, 1.165) is 12.4 Å². The Morgan fingerprint density at radius 3 is 2.50 bits per heavy atom. The molecule has 1 amide bonds. The summed E-state index contributed by atoms with van der Waals surface area (Å²) in [4.78, 5) is 20.5. The number of anilines is 2. The third-order valence-corrected chi connectivity index (χ3v) is 2.64. The van der Waals surface area contributed by atoms with E-state index in [2.05, 4.69) is 39.8 Å². The van der Waals surface area contributed by atoms with E-state index in [1.807, 2.05) is 26.8 Å². The highest BCUT2D eigenvalue weighted by Gasteiger charge is 2.13. The number of hydrogen-bond acceptors (Lipinski definition) is 5. The van der Waals surface area contributed by atoms with Crippen LogP contribution in [0.3, 0.4) is 0 Å². The van der Waals surface area contributed by atoms with Crippen LogP contribution in [0.4, 0.5) is 11.6 Å². The zero-order valence-corrected chi connectivity index (χ0v) is 12.9. The largest absolute Gasteiger partial charge is 0.370 e. The van der Waals surface area contributed by atoms with Crippen molar-refractivity contribution in [3.63, 3.8) is 0 Å². The van der Waals surface area contributed by atoms with Gasteiger partial charge in [-0.15, -0.1) is 0 Å². The first kappa shape index (κ1) is 16.2. The number of aryl methyl sites for hydroxylation is 1. The zero-order chi connectivity index (χ0) is 15.1. The van der Waals surface area contributed by atoms with Gasteiger partial charge in [-0.25, -0.2) is 9.97 Å². The minimum absolute atomic E-state index is 0.0278. The molecule has 6 nitrogen and oxygen atoms in total. The van der Waals surface area contributed by atoms with Crippen LogP contribution in [0.5, 0.6) is 0 Å². The molecule has 0 saturated carbocycles. The summed E-state index contributed by atoms with van der Waals surface area (Å²) in [5.74, 6) is 2.49. The van der Waals surface area contributed by atoms with E-state index >= 15 is 0 Å². The van der Waals surface area contributed by atoms with Crippen LogP contribution in [0.25, 0.3) is 0 Å². The van der Waals surface area contributed by atoms with Crippen molar-refractivity contribution in [3.05, 3.63) is 11.9 Å². The first-order chi connectivity index (χ1) is 9.42. The molecule has 0 aliphatic carbocycles. The summed E-state index contributed by atoms with van der Waals surface area (Å²) < 4.78 is 0. The average molecular weight is 279 g/mol. The smallest absolute Gasteiger partial charge is 0.242 e. The predicted octanol–water partition coefficient (Wildman–Crippen LogP) is 1.79. The quantitative estimate of drug-likeness (QED) is 0.709. The standard InChI is InChI=1S/C14H25N5O/c1-6-15-12-7-13(19-11(5)18-12)17-10(4)14(20)16-8-9(2)3/h7,9-10H,6,8H2,1-5H3,(H,16,20)(H2,15,17,18,19). The maximum Gasteiger partial charge on any atom is 0.242 e. The molecule has 0 aliphatic heterocycles. The van der Waals surface area contributed by atoms with Crippen LogP contribution in [0, 0.1) is 12.8 Å². The number of amides is 1. The van der Waals surface area contributed by atoms with Gasteiger partial charge in [-0.1, -0.05) is 13.8 Å². The van der Waals surface area contributed by atoms with Crippen LogP contribution in [0.1, 0.15) is 33.5 Å². The third-order valence-electron chi connectivity index (χ3n) is 2.64. The highest BCUT2D eigenvalue weighted by atomic mass is 16.2. The van der Waals surface area contributed by atoms with E-state index < -0.39 is 0 Å². The van der Waals surface area contributed by atoms with Crippen LogP contribution in [-0.2, 0) is 4.79 Å². The molecule has 112 valence electrons. The van der Waals surface area contributed by atoms with E-state index in [1.54, 1.807) is 0 Å². The number of carbonyl (C=O) groups excluding carboxylic acids is 1. The van der Waals surface area contributed by atoms with E-state index in [9.17, 15) is 4.79 Å². The summed E-state index contributed by atoms with van der Waals surface area (Å²) in [5.41, 5.74) is 0. The Balaban J connectivity index is 2.65. The van der Waals surface area contributed by atoms with Crippen molar-refractivity contribution in [3.8, 4) is 0 Å². The lowest BCUT2D eigenvalue weighted by atomic mass is 10.2. The molecule has 0 spiro atoms. The molecule has 0 aliphatic rings. The number of aromatic nitrogens is 2. The molecule has 0 fully saturated rings. The summed E-state index contributed by atoms with van der Waals surface area (Å²) in [6.07, 6.45) is 0. The van der Waals surface area contributed by atoms with Gasteiger partial charge in [0.2, 0.25) is 5.91 Å². The van der Waals surface area contributed by atoms with Crippen molar-refractivity contribution in [2.24, 2.45) is 5.92 Å². The van der Waals surface area contributed by atoms with E-state index in [0.29, 0.717) is 24.1 Å². The molecule has 1 heterocycles. The summed E-state index contributed by atoms with van der Waals surface area (Å²) in [6.45, 7) is 11.3.